The Hall–Kier alpha value is -2.17. The zero-order valence-electron chi connectivity index (χ0n) is 9.41. The summed E-state index contributed by atoms with van der Waals surface area (Å²) in [6, 6.07) is 3.50. The van der Waals surface area contributed by atoms with Gasteiger partial charge in [-0.25, -0.2) is 9.37 Å². The molecule has 0 amide bonds. The van der Waals surface area contributed by atoms with Gasteiger partial charge in [0.2, 0.25) is 5.58 Å². The number of hydrogen-bond donors (Lipinski definition) is 1. The first kappa shape index (κ1) is 10.0. The van der Waals surface area contributed by atoms with Gasteiger partial charge in [-0.2, -0.15) is 0 Å². The highest BCUT2D eigenvalue weighted by Crippen LogP contribution is 2.29. The molecule has 5 heteroatoms. The lowest BCUT2D eigenvalue weighted by molar-refractivity contribution is 0.435. The molecule has 0 saturated heterocycles. The van der Waals surface area contributed by atoms with Crippen molar-refractivity contribution in [3.05, 3.63) is 35.7 Å². The molecule has 2 aromatic heterocycles. The van der Waals surface area contributed by atoms with Crippen LogP contribution in [0.5, 0.6) is 0 Å². The molecule has 0 fully saturated rings. The van der Waals surface area contributed by atoms with Crippen molar-refractivity contribution in [1.82, 2.24) is 15.1 Å². The predicted molar refractivity (Wildman–Crippen MR) is 61.0 cm³/mol. The van der Waals surface area contributed by atoms with E-state index in [1.54, 1.807) is 25.3 Å². The number of rotatable bonds is 1. The van der Waals surface area contributed by atoms with Crippen LogP contribution < -0.4 is 0 Å². The first-order valence-corrected chi connectivity index (χ1v) is 5.23. The molecule has 4 nitrogen and oxygen atoms in total. The topological polar surface area (TPSA) is 54.7 Å². The van der Waals surface area contributed by atoms with Gasteiger partial charge in [0, 0.05) is 10.9 Å². The van der Waals surface area contributed by atoms with E-state index in [1.165, 1.54) is 0 Å². The number of nitrogens with one attached hydrogen (secondary N) is 1. The average Bonchev–Trinajstić information content (AvgIpc) is 2.87. The van der Waals surface area contributed by atoms with E-state index in [9.17, 15) is 4.39 Å². The molecule has 0 saturated carbocycles. The van der Waals surface area contributed by atoms with Crippen LogP contribution in [0.1, 0.15) is 11.5 Å². The van der Waals surface area contributed by atoms with Gasteiger partial charge in [0.1, 0.15) is 5.82 Å². The van der Waals surface area contributed by atoms with E-state index in [4.69, 9.17) is 4.52 Å². The van der Waals surface area contributed by atoms with Crippen LogP contribution >= 0.6 is 0 Å². The summed E-state index contributed by atoms with van der Waals surface area (Å²) in [5.41, 5.74) is 1.95. The third kappa shape index (κ3) is 1.43. The maximum absolute atomic E-state index is 14.2. The maximum Gasteiger partial charge on any atom is 0.203 e. The van der Waals surface area contributed by atoms with E-state index in [-0.39, 0.29) is 5.58 Å². The van der Waals surface area contributed by atoms with E-state index in [0.717, 1.165) is 5.82 Å². The third-order valence-corrected chi connectivity index (χ3v) is 2.75. The van der Waals surface area contributed by atoms with Crippen LogP contribution in [0.15, 0.2) is 22.9 Å². The van der Waals surface area contributed by atoms with Gasteiger partial charge in [-0.05, 0) is 26.0 Å². The molecule has 3 rings (SSSR count). The minimum atomic E-state index is -0.410. The molecule has 0 aliphatic carbocycles. The van der Waals surface area contributed by atoms with E-state index >= 15 is 0 Å². The molecular weight excluding hydrogens is 221 g/mol. The maximum atomic E-state index is 14.2. The number of fused-ring (bicyclic) bond motifs is 1. The van der Waals surface area contributed by atoms with E-state index in [2.05, 4.69) is 15.1 Å². The van der Waals surface area contributed by atoms with Crippen molar-refractivity contribution in [2.24, 2.45) is 0 Å². The number of hydrogen-bond acceptors (Lipinski definition) is 3. The fourth-order valence-electron chi connectivity index (χ4n) is 1.86. The second kappa shape index (κ2) is 3.41. The number of aryl methyl sites for hydroxylation is 2. The van der Waals surface area contributed by atoms with Crippen molar-refractivity contribution in [3.8, 4) is 11.3 Å². The fraction of sp³-hybridized carbons (Fsp3) is 0.167. The van der Waals surface area contributed by atoms with E-state index < -0.39 is 5.82 Å². The van der Waals surface area contributed by atoms with Crippen LogP contribution in [0.4, 0.5) is 4.39 Å². The monoisotopic (exact) mass is 231 g/mol. The quantitative estimate of drug-likeness (QED) is 0.700. The number of H-pyrrole nitrogens is 1. The molecule has 17 heavy (non-hydrogen) atoms. The molecule has 0 aliphatic rings. The van der Waals surface area contributed by atoms with Gasteiger partial charge in [-0.15, -0.1) is 0 Å². The summed E-state index contributed by atoms with van der Waals surface area (Å²) in [7, 11) is 0. The van der Waals surface area contributed by atoms with Crippen molar-refractivity contribution in [1.29, 1.82) is 0 Å². The summed E-state index contributed by atoms with van der Waals surface area (Å²) in [6.45, 7) is 3.60. The molecule has 3 aromatic rings. The normalized spacial score (nSPS) is 11.2. The van der Waals surface area contributed by atoms with Crippen LogP contribution in [0.3, 0.4) is 0 Å². The summed E-state index contributed by atoms with van der Waals surface area (Å²) < 4.78 is 19.2. The Kier molecular flexibility index (Phi) is 2.01. The molecule has 0 aliphatic heterocycles. The number of aromatic nitrogens is 3. The molecule has 1 aromatic carbocycles. The second-order valence-corrected chi connectivity index (χ2v) is 3.95. The summed E-state index contributed by atoms with van der Waals surface area (Å²) in [5, 5.41) is 4.45. The van der Waals surface area contributed by atoms with E-state index in [1.807, 2.05) is 6.92 Å². The highest BCUT2D eigenvalue weighted by Gasteiger charge is 2.15. The smallest absolute Gasteiger partial charge is 0.203 e. The Labute approximate surface area is 96.5 Å². The Morgan fingerprint density at radius 2 is 2.12 bits per heavy atom. The molecule has 0 unspecified atom stereocenters. The van der Waals surface area contributed by atoms with Crippen LogP contribution in [0, 0.1) is 19.7 Å². The molecule has 86 valence electrons. The predicted octanol–water partition coefficient (Wildman–Crippen LogP) is 2.97. The lowest BCUT2D eigenvalue weighted by Crippen LogP contribution is -1.85. The molecule has 0 spiro atoms. The van der Waals surface area contributed by atoms with Crippen molar-refractivity contribution >= 4 is 11.0 Å². The Morgan fingerprint density at radius 3 is 2.82 bits per heavy atom. The number of benzene rings is 1. The van der Waals surface area contributed by atoms with Crippen LogP contribution in [-0.2, 0) is 0 Å². The lowest BCUT2D eigenvalue weighted by atomic mass is 10.1. The minimum absolute atomic E-state index is 0.187. The molecule has 0 atom stereocenters. The number of aromatic amines is 1. The fourth-order valence-corrected chi connectivity index (χ4v) is 1.86. The van der Waals surface area contributed by atoms with Gasteiger partial charge in [0.15, 0.2) is 5.82 Å². The molecule has 1 N–H and O–H groups in total. The first-order chi connectivity index (χ1) is 8.16. The minimum Gasteiger partial charge on any atom is -0.353 e. The van der Waals surface area contributed by atoms with Gasteiger partial charge >= 0.3 is 0 Å². The van der Waals surface area contributed by atoms with Crippen LogP contribution in [0.25, 0.3) is 22.2 Å². The number of imidazole rings is 1. The molecule has 0 radical (unpaired) electrons. The second-order valence-electron chi connectivity index (χ2n) is 3.95. The largest absolute Gasteiger partial charge is 0.353 e. The first-order valence-electron chi connectivity index (χ1n) is 5.23. The molecule has 2 heterocycles. The van der Waals surface area contributed by atoms with Crippen molar-refractivity contribution < 1.29 is 8.91 Å². The van der Waals surface area contributed by atoms with Crippen molar-refractivity contribution in [2.75, 3.05) is 0 Å². The zero-order chi connectivity index (χ0) is 12.0. The van der Waals surface area contributed by atoms with Gasteiger partial charge in [0.05, 0.1) is 17.6 Å². The van der Waals surface area contributed by atoms with Gasteiger partial charge in [0.25, 0.3) is 0 Å². The zero-order valence-corrected chi connectivity index (χ0v) is 9.41. The number of nitrogens with zero attached hydrogens (tertiary/aromatic N) is 2. The van der Waals surface area contributed by atoms with Gasteiger partial charge in [-0.3, -0.25) is 0 Å². The Morgan fingerprint density at radius 1 is 1.29 bits per heavy atom. The summed E-state index contributed by atoms with van der Waals surface area (Å²) >= 11 is 0. The molecule has 0 bridgehead atoms. The van der Waals surface area contributed by atoms with Crippen molar-refractivity contribution in [2.45, 2.75) is 13.8 Å². The standard InChI is InChI=1S/C12H10FN3O/c1-6-8-3-4-9(10-5-14-7(2)15-10)11(13)12(8)17-16-6/h3-5H,1-2H3,(H,14,15). The van der Waals surface area contributed by atoms with Crippen molar-refractivity contribution in [3.63, 3.8) is 0 Å². The van der Waals surface area contributed by atoms with Gasteiger partial charge < -0.3 is 9.51 Å². The van der Waals surface area contributed by atoms with E-state index in [0.29, 0.717) is 22.3 Å². The average molecular weight is 231 g/mol. The summed E-state index contributed by atoms with van der Waals surface area (Å²) in [6.07, 6.45) is 1.60. The van der Waals surface area contributed by atoms with Crippen LogP contribution in [-0.4, -0.2) is 15.1 Å². The number of halogens is 1. The SMILES string of the molecule is Cc1ncc(-c2ccc3c(C)noc3c2F)[nH]1. The Balaban J connectivity index is 2.28. The van der Waals surface area contributed by atoms with Crippen LogP contribution in [0.2, 0.25) is 0 Å². The summed E-state index contributed by atoms with van der Waals surface area (Å²) in [5.74, 6) is 0.333. The van der Waals surface area contributed by atoms with Gasteiger partial charge in [-0.1, -0.05) is 5.16 Å². The summed E-state index contributed by atoms with van der Waals surface area (Å²) in [4.78, 5) is 7.04. The Bertz CT molecular complexity index is 699. The lowest BCUT2D eigenvalue weighted by Gasteiger charge is -1.99. The highest BCUT2D eigenvalue weighted by molar-refractivity contribution is 5.84. The third-order valence-electron chi connectivity index (χ3n) is 2.75. The molecular formula is C12H10FN3O. The highest BCUT2D eigenvalue weighted by atomic mass is 19.1.